The summed E-state index contributed by atoms with van der Waals surface area (Å²) in [5, 5.41) is 0. The van der Waals surface area contributed by atoms with E-state index >= 15 is 0 Å². The van der Waals surface area contributed by atoms with Crippen molar-refractivity contribution in [3.8, 4) is 5.75 Å². The molecule has 0 aromatic heterocycles. The minimum atomic E-state index is -0.207. The molecule has 0 bridgehead atoms. The average Bonchev–Trinajstić information content (AvgIpc) is 2.73. The van der Waals surface area contributed by atoms with Crippen LogP contribution in [0.3, 0.4) is 0 Å². The van der Waals surface area contributed by atoms with Gasteiger partial charge in [-0.3, -0.25) is 4.79 Å². The average molecular weight is 346 g/mol. The molecule has 2 aromatic rings. The van der Waals surface area contributed by atoms with Crippen LogP contribution in [0.5, 0.6) is 5.75 Å². The zero-order chi connectivity index (χ0) is 15.2. The molecule has 3 nitrogen and oxygen atoms in total. The molecule has 1 aliphatic heterocycles. The van der Waals surface area contributed by atoms with E-state index in [0.717, 1.165) is 17.7 Å². The number of nitrogen functional groups attached to an aromatic ring is 1. The highest BCUT2D eigenvalue weighted by Gasteiger charge is 2.30. The molecule has 21 heavy (non-hydrogen) atoms. The number of carbonyl (C=O) groups excluding carboxylic acids is 1. The number of benzene rings is 2. The summed E-state index contributed by atoms with van der Waals surface area (Å²) in [5.41, 5.74) is 8.50. The summed E-state index contributed by atoms with van der Waals surface area (Å²) in [6.45, 7) is 4.09. The number of fused-ring (bicyclic) bond motifs is 1. The molecule has 0 atom stereocenters. The van der Waals surface area contributed by atoms with Gasteiger partial charge >= 0.3 is 0 Å². The quantitative estimate of drug-likeness (QED) is 0.661. The van der Waals surface area contributed by atoms with Gasteiger partial charge in [0, 0.05) is 23.2 Å². The zero-order valence-corrected chi connectivity index (χ0v) is 13.5. The Morgan fingerprint density at radius 2 is 2.05 bits per heavy atom. The number of hydrogen-bond acceptors (Lipinski definition) is 3. The van der Waals surface area contributed by atoms with Gasteiger partial charge in [0.25, 0.3) is 0 Å². The van der Waals surface area contributed by atoms with Crippen LogP contribution in [0.15, 0.2) is 40.9 Å². The van der Waals surface area contributed by atoms with Gasteiger partial charge in [-0.05, 0) is 65.7 Å². The largest absolute Gasteiger partial charge is 0.487 e. The summed E-state index contributed by atoms with van der Waals surface area (Å²) >= 11 is 3.39. The Hall–Kier alpha value is -1.81. The van der Waals surface area contributed by atoms with Crippen molar-refractivity contribution in [1.82, 2.24) is 0 Å². The lowest BCUT2D eigenvalue weighted by Gasteiger charge is -2.16. The maximum atomic E-state index is 12.7. The van der Waals surface area contributed by atoms with E-state index in [1.165, 1.54) is 0 Å². The first-order chi connectivity index (χ1) is 9.87. The number of ether oxygens (including phenoxy) is 1. The van der Waals surface area contributed by atoms with Crippen molar-refractivity contribution < 1.29 is 9.53 Å². The lowest BCUT2D eigenvalue weighted by molar-refractivity contribution is 0.103. The van der Waals surface area contributed by atoms with Crippen molar-refractivity contribution in [2.24, 2.45) is 0 Å². The molecule has 2 aromatic carbocycles. The second-order valence-electron chi connectivity index (χ2n) is 5.90. The SMILES string of the molecule is CC1(C)Cc2cc(C(=O)c3cccc(N)c3Br)ccc2O1. The molecule has 0 fully saturated rings. The van der Waals surface area contributed by atoms with Gasteiger partial charge in [0.05, 0.1) is 4.47 Å². The van der Waals surface area contributed by atoms with Crippen LogP contribution in [-0.4, -0.2) is 11.4 Å². The van der Waals surface area contributed by atoms with Crippen molar-refractivity contribution in [3.05, 3.63) is 57.6 Å². The Kier molecular flexibility index (Phi) is 3.29. The van der Waals surface area contributed by atoms with Crippen LogP contribution < -0.4 is 10.5 Å². The third kappa shape index (κ3) is 2.56. The second kappa shape index (κ2) is 4.88. The topological polar surface area (TPSA) is 52.3 Å². The van der Waals surface area contributed by atoms with E-state index in [1.807, 2.05) is 26.0 Å². The first-order valence-electron chi connectivity index (χ1n) is 6.78. The first kappa shape index (κ1) is 14.1. The van der Waals surface area contributed by atoms with Crippen molar-refractivity contribution in [1.29, 1.82) is 0 Å². The van der Waals surface area contributed by atoms with Crippen LogP contribution in [0, 0.1) is 0 Å². The van der Waals surface area contributed by atoms with Gasteiger partial charge in [0.15, 0.2) is 5.78 Å². The van der Waals surface area contributed by atoms with Gasteiger partial charge in [0.2, 0.25) is 0 Å². The molecule has 2 N–H and O–H groups in total. The maximum Gasteiger partial charge on any atom is 0.194 e. The van der Waals surface area contributed by atoms with Crippen LogP contribution in [-0.2, 0) is 6.42 Å². The van der Waals surface area contributed by atoms with Gasteiger partial charge < -0.3 is 10.5 Å². The highest BCUT2D eigenvalue weighted by Crippen LogP contribution is 2.36. The van der Waals surface area contributed by atoms with Gasteiger partial charge in [0.1, 0.15) is 11.4 Å². The summed E-state index contributed by atoms with van der Waals surface area (Å²) in [6, 6.07) is 10.9. The molecular weight excluding hydrogens is 330 g/mol. The molecule has 1 heterocycles. The Balaban J connectivity index is 1.99. The van der Waals surface area contributed by atoms with E-state index in [1.54, 1.807) is 24.3 Å². The number of nitrogens with two attached hydrogens (primary N) is 1. The molecule has 108 valence electrons. The van der Waals surface area contributed by atoms with E-state index in [-0.39, 0.29) is 11.4 Å². The monoisotopic (exact) mass is 345 g/mol. The summed E-state index contributed by atoms with van der Waals surface area (Å²) in [7, 11) is 0. The molecule has 0 saturated carbocycles. The molecule has 0 unspecified atom stereocenters. The molecule has 0 spiro atoms. The highest BCUT2D eigenvalue weighted by molar-refractivity contribution is 9.10. The molecular formula is C17H16BrNO2. The van der Waals surface area contributed by atoms with Gasteiger partial charge in [-0.1, -0.05) is 6.07 Å². The lowest BCUT2D eigenvalue weighted by atomic mass is 9.97. The van der Waals surface area contributed by atoms with Crippen LogP contribution >= 0.6 is 15.9 Å². The van der Waals surface area contributed by atoms with Crippen molar-refractivity contribution in [2.75, 3.05) is 5.73 Å². The van der Waals surface area contributed by atoms with E-state index in [4.69, 9.17) is 10.5 Å². The Bertz CT molecular complexity index is 738. The number of halogens is 1. The van der Waals surface area contributed by atoms with E-state index in [2.05, 4.69) is 15.9 Å². The summed E-state index contributed by atoms with van der Waals surface area (Å²) in [4.78, 5) is 12.7. The normalized spacial score (nSPS) is 15.4. The molecule has 0 radical (unpaired) electrons. The number of carbonyl (C=O) groups is 1. The second-order valence-corrected chi connectivity index (χ2v) is 6.69. The van der Waals surface area contributed by atoms with Crippen LogP contribution in [0.2, 0.25) is 0 Å². The highest BCUT2D eigenvalue weighted by atomic mass is 79.9. The van der Waals surface area contributed by atoms with Gasteiger partial charge in [-0.2, -0.15) is 0 Å². The van der Waals surface area contributed by atoms with Crippen LogP contribution in [0.25, 0.3) is 0 Å². The summed E-state index contributed by atoms with van der Waals surface area (Å²) < 4.78 is 6.48. The molecule has 0 amide bonds. The predicted octanol–water partition coefficient (Wildman–Crippen LogP) is 3.98. The van der Waals surface area contributed by atoms with Crippen molar-refractivity contribution in [2.45, 2.75) is 25.9 Å². The Labute approximate surface area is 132 Å². The molecule has 0 aliphatic carbocycles. The molecule has 1 aliphatic rings. The molecule has 3 rings (SSSR count). The number of rotatable bonds is 2. The summed E-state index contributed by atoms with van der Waals surface area (Å²) in [5.74, 6) is 0.824. The number of anilines is 1. The fourth-order valence-electron chi connectivity index (χ4n) is 2.63. The first-order valence-corrected chi connectivity index (χ1v) is 7.57. The molecule has 0 saturated heterocycles. The lowest BCUT2D eigenvalue weighted by Crippen LogP contribution is -2.24. The van der Waals surface area contributed by atoms with E-state index in [0.29, 0.717) is 21.3 Å². The summed E-state index contributed by atoms with van der Waals surface area (Å²) in [6.07, 6.45) is 0.807. The number of ketones is 1. The van der Waals surface area contributed by atoms with Crippen molar-refractivity contribution >= 4 is 27.4 Å². The minimum absolute atomic E-state index is 0.0401. The van der Waals surface area contributed by atoms with E-state index < -0.39 is 0 Å². The maximum absolute atomic E-state index is 12.7. The fraction of sp³-hybridized carbons (Fsp3) is 0.235. The minimum Gasteiger partial charge on any atom is -0.487 e. The van der Waals surface area contributed by atoms with Gasteiger partial charge in [-0.15, -0.1) is 0 Å². The third-order valence-corrected chi connectivity index (χ3v) is 4.48. The fourth-order valence-corrected chi connectivity index (χ4v) is 3.08. The standard InChI is InChI=1S/C17H16BrNO2/c1-17(2)9-11-8-10(6-7-14(11)21-17)16(20)12-4-3-5-13(19)15(12)18/h3-8H,9,19H2,1-2H3. The number of hydrogen-bond donors (Lipinski definition) is 1. The van der Waals surface area contributed by atoms with Crippen molar-refractivity contribution in [3.63, 3.8) is 0 Å². The Morgan fingerprint density at radius 3 is 2.81 bits per heavy atom. The van der Waals surface area contributed by atoms with Gasteiger partial charge in [-0.25, -0.2) is 0 Å². The smallest absolute Gasteiger partial charge is 0.194 e. The third-order valence-electron chi connectivity index (χ3n) is 3.60. The van der Waals surface area contributed by atoms with Crippen LogP contribution in [0.1, 0.15) is 35.3 Å². The predicted molar refractivity (Wildman–Crippen MR) is 86.8 cm³/mol. The van der Waals surface area contributed by atoms with E-state index in [9.17, 15) is 4.79 Å². The Morgan fingerprint density at radius 1 is 1.29 bits per heavy atom. The van der Waals surface area contributed by atoms with Crippen LogP contribution in [0.4, 0.5) is 5.69 Å². The zero-order valence-electron chi connectivity index (χ0n) is 11.9. The molecule has 4 heteroatoms.